The zero-order chi connectivity index (χ0) is 24.8. The van der Waals surface area contributed by atoms with Gasteiger partial charge in [0.15, 0.2) is 0 Å². The molecule has 0 amide bonds. The van der Waals surface area contributed by atoms with Gasteiger partial charge in [-0.1, -0.05) is 91.0 Å². The number of imidazole rings is 1. The Kier molecular flexibility index (Phi) is 3.79. The molecule has 0 unspecified atom stereocenters. The molecule has 0 saturated carbocycles. The third-order valence-corrected chi connectivity index (χ3v) is 8.04. The van der Waals surface area contributed by atoms with E-state index in [1.165, 1.54) is 48.6 Å². The van der Waals surface area contributed by atoms with Crippen molar-refractivity contribution < 1.29 is 0 Å². The maximum atomic E-state index is 5.27. The minimum atomic E-state index is 0.902. The Hall–Kier alpha value is -5.15. The molecule has 7 aromatic carbocycles. The van der Waals surface area contributed by atoms with Gasteiger partial charge in [0.05, 0.1) is 22.1 Å². The van der Waals surface area contributed by atoms with Crippen LogP contribution in [0.15, 0.2) is 127 Å². The predicted octanol–water partition coefficient (Wildman–Crippen LogP) is 9.02. The van der Waals surface area contributed by atoms with Crippen molar-refractivity contribution >= 4 is 65.2 Å². The zero-order valence-electron chi connectivity index (χ0n) is 20.5. The first-order valence-electron chi connectivity index (χ1n) is 13.0. The van der Waals surface area contributed by atoms with Crippen LogP contribution in [0.4, 0.5) is 0 Å². The molecule has 0 aliphatic carbocycles. The second kappa shape index (κ2) is 7.21. The van der Waals surface area contributed by atoms with Crippen LogP contribution in [0.3, 0.4) is 0 Å². The van der Waals surface area contributed by atoms with Crippen LogP contribution >= 0.6 is 0 Å². The van der Waals surface area contributed by atoms with Gasteiger partial charge in [-0.25, -0.2) is 4.98 Å². The highest BCUT2D eigenvalue weighted by atomic mass is 15.2. The van der Waals surface area contributed by atoms with Gasteiger partial charge in [-0.05, 0) is 63.3 Å². The Morgan fingerprint density at radius 3 is 2.03 bits per heavy atom. The van der Waals surface area contributed by atoms with Crippen LogP contribution in [-0.4, -0.2) is 14.1 Å². The molecule has 0 N–H and O–H groups in total. The van der Waals surface area contributed by atoms with Crippen molar-refractivity contribution in [3.05, 3.63) is 127 Å². The molecule has 2 aromatic heterocycles. The van der Waals surface area contributed by atoms with Gasteiger partial charge in [-0.3, -0.25) is 9.13 Å². The van der Waals surface area contributed by atoms with Gasteiger partial charge in [-0.15, -0.1) is 0 Å². The minimum absolute atomic E-state index is 0.902. The van der Waals surface area contributed by atoms with Crippen molar-refractivity contribution in [2.75, 3.05) is 0 Å². The molecule has 2 heterocycles. The fraction of sp³-hybridized carbons (Fsp3) is 0. The molecule has 0 radical (unpaired) electrons. The summed E-state index contributed by atoms with van der Waals surface area (Å²) in [5.41, 5.74) is 5.53. The van der Waals surface area contributed by atoms with Gasteiger partial charge < -0.3 is 0 Å². The Morgan fingerprint density at radius 1 is 0.447 bits per heavy atom. The highest BCUT2D eigenvalue weighted by molar-refractivity contribution is 6.31. The number of nitrogens with zero attached hydrogens (tertiary/aromatic N) is 3. The largest absolute Gasteiger partial charge is 0.278 e. The number of hydrogen-bond donors (Lipinski definition) is 0. The minimum Gasteiger partial charge on any atom is -0.278 e. The van der Waals surface area contributed by atoms with E-state index in [1.54, 1.807) is 0 Å². The second-order valence-electron chi connectivity index (χ2n) is 10.1. The lowest BCUT2D eigenvalue weighted by atomic mass is 9.92. The van der Waals surface area contributed by atoms with Crippen molar-refractivity contribution in [3.8, 4) is 11.6 Å². The number of aromatic nitrogens is 3. The SMILES string of the molecule is c1ccc(-n2c(-n3c4ccccc4c4cc5ccc6cccc7ccc(c5c67)c43)nc3ccccc32)cc1. The molecule has 0 spiro atoms. The van der Waals surface area contributed by atoms with Crippen LogP contribution in [0.2, 0.25) is 0 Å². The van der Waals surface area contributed by atoms with E-state index in [0.29, 0.717) is 0 Å². The Balaban J connectivity index is 1.55. The average Bonchev–Trinajstić information content (AvgIpc) is 3.52. The van der Waals surface area contributed by atoms with Crippen LogP contribution in [0.5, 0.6) is 0 Å². The fourth-order valence-electron chi connectivity index (χ4n) is 6.46. The average molecular weight is 484 g/mol. The zero-order valence-corrected chi connectivity index (χ0v) is 20.5. The number of benzene rings is 7. The number of para-hydroxylation sites is 4. The third kappa shape index (κ3) is 2.50. The summed E-state index contributed by atoms with van der Waals surface area (Å²) >= 11 is 0. The van der Waals surface area contributed by atoms with Crippen molar-refractivity contribution in [1.29, 1.82) is 0 Å². The van der Waals surface area contributed by atoms with Crippen molar-refractivity contribution in [3.63, 3.8) is 0 Å². The lowest BCUT2D eigenvalue weighted by Gasteiger charge is -2.15. The van der Waals surface area contributed by atoms with Crippen LogP contribution in [0, 0.1) is 0 Å². The number of hydrogen-bond acceptors (Lipinski definition) is 1. The standard InChI is InChI=1S/C35H21N3/c1-2-11-25(12-3-1)37-31-16-7-5-14-29(31)36-35(37)38-30-15-6-4-13-26(30)28-21-24-18-17-22-9-8-10-23-19-20-27(34(28)38)33(24)32(22)23/h1-21H. The molecule has 3 heteroatoms. The highest BCUT2D eigenvalue weighted by Crippen LogP contribution is 2.43. The third-order valence-electron chi connectivity index (χ3n) is 8.04. The lowest BCUT2D eigenvalue weighted by Crippen LogP contribution is -2.05. The lowest BCUT2D eigenvalue weighted by molar-refractivity contribution is 0.957. The Labute approximate surface area is 218 Å². The molecule has 0 atom stereocenters. The summed E-state index contributed by atoms with van der Waals surface area (Å²) in [4.78, 5) is 5.27. The summed E-state index contributed by atoms with van der Waals surface area (Å²) in [6.07, 6.45) is 0. The van der Waals surface area contributed by atoms with Crippen LogP contribution in [-0.2, 0) is 0 Å². The van der Waals surface area contributed by atoms with Gasteiger partial charge in [-0.2, -0.15) is 0 Å². The van der Waals surface area contributed by atoms with E-state index < -0.39 is 0 Å². The van der Waals surface area contributed by atoms with Crippen molar-refractivity contribution in [2.45, 2.75) is 0 Å². The molecule has 0 aliphatic heterocycles. The first-order chi connectivity index (χ1) is 18.9. The smallest absolute Gasteiger partial charge is 0.220 e. The molecule has 0 fully saturated rings. The normalized spacial score (nSPS) is 12.2. The summed E-state index contributed by atoms with van der Waals surface area (Å²) in [7, 11) is 0. The highest BCUT2D eigenvalue weighted by Gasteiger charge is 2.22. The molecular formula is C35H21N3. The molecule has 38 heavy (non-hydrogen) atoms. The number of rotatable bonds is 2. The van der Waals surface area contributed by atoms with Crippen LogP contribution in [0.1, 0.15) is 0 Å². The van der Waals surface area contributed by atoms with Crippen LogP contribution < -0.4 is 0 Å². The van der Waals surface area contributed by atoms with Crippen molar-refractivity contribution in [2.24, 2.45) is 0 Å². The first kappa shape index (κ1) is 20.0. The van der Waals surface area contributed by atoms with Crippen LogP contribution in [0.25, 0.3) is 76.8 Å². The topological polar surface area (TPSA) is 22.8 Å². The molecular weight excluding hydrogens is 462 g/mol. The monoisotopic (exact) mass is 483 g/mol. The van der Waals surface area contributed by atoms with Gasteiger partial charge in [0.25, 0.3) is 0 Å². The van der Waals surface area contributed by atoms with E-state index in [4.69, 9.17) is 4.98 Å². The van der Waals surface area contributed by atoms with E-state index in [1.807, 2.05) is 0 Å². The summed E-state index contributed by atoms with van der Waals surface area (Å²) in [6, 6.07) is 45.7. The van der Waals surface area contributed by atoms with E-state index in [-0.39, 0.29) is 0 Å². The molecule has 0 aliphatic rings. The Bertz CT molecular complexity index is 2320. The molecule has 9 rings (SSSR count). The predicted molar refractivity (Wildman–Crippen MR) is 159 cm³/mol. The summed E-state index contributed by atoms with van der Waals surface area (Å²) in [5, 5.41) is 10.2. The summed E-state index contributed by atoms with van der Waals surface area (Å²) in [5.74, 6) is 0.902. The van der Waals surface area contributed by atoms with Crippen molar-refractivity contribution in [1.82, 2.24) is 14.1 Å². The van der Waals surface area contributed by atoms with E-state index in [2.05, 4.69) is 137 Å². The van der Waals surface area contributed by atoms with Gasteiger partial charge in [0.2, 0.25) is 5.95 Å². The molecule has 176 valence electrons. The maximum absolute atomic E-state index is 5.27. The van der Waals surface area contributed by atoms with E-state index in [0.717, 1.165) is 28.2 Å². The molecule has 3 nitrogen and oxygen atoms in total. The second-order valence-corrected chi connectivity index (χ2v) is 10.1. The quantitative estimate of drug-likeness (QED) is 0.225. The molecule has 0 saturated heterocycles. The molecule has 9 aromatic rings. The van der Waals surface area contributed by atoms with E-state index >= 15 is 0 Å². The number of fused-ring (bicyclic) bond motifs is 5. The summed E-state index contributed by atoms with van der Waals surface area (Å²) < 4.78 is 4.67. The van der Waals surface area contributed by atoms with E-state index in [9.17, 15) is 0 Å². The maximum Gasteiger partial charge on any atom is 0.220 e. The van der Waals surface area contributed by atoms with Gasteiger partial charge in [0, 0.05) is 21.8 Å². The van der Waals surface area contributed by atoms with Gasteiger partial charge >= 0.3 is 0 Å². The molecule has 0 bridgehead atoms. The summed E-state index contributed by atoms with van der Waals surface area (Å²) in [6.45, 7) is 0. The van der Waals surface area contributed by atoms with Gasteiger partial charge in [0.1, 0.15) is 0 Å². The fourth-order valence-corrected chi connectivity index (χ4v) is 6.46. The Morgan fingerprint density at radius 2 is 1.16 bits per heavy atom. The first-order valence-corrected chi connectivity index (χ1v) is 13.0.